The van der Waals surface area contributed by atoms with Gasteiger partial charge in [0.05, 0.1) is 13.7 Å². The molecule has 0 spiro atoms. The van der Waals surface area contributed by atoms with Gasteiger partial charge in [-0.15, -0.1) is 0 Å². The Bertz CT molecular complexity index is 889. The average molecular weight is 381 g/mol. The number of methoxy groups -OCH3 is 1. The molecular formula is C21H23N3O4. The predicted octanol–water partition coefficient (Wildman–Crippen LogP) is 3.18. The zero-order valence-corrected chi connectivity index (χ0v) is 16.0. The van der Waals surface area contributed by atoms with Gasteiger partial charge in [-0.25, -0.2) is 0 Å². The van der Waals surface area contributed by atoms with Crippen molar-refractivity contribution in [2.75, 3.05) is 20.3 Å². The Morgan fingerprint density at radius 3 is 2.50 bits per heavy atom. The lowest BCUT2D eigenvalue weighted by atomic mass is 10.1. The molecule has 1 amide bonds. The highest BCUT2D eigenvalue weighted by molar-refractivity contribution is 5.76. The molecule has 28 heavy (non-hydrogen) atoms. The number of carbonyl (C=O) groups is 1. The molecule has 3 aromatic rings. The van der Waals surface area contributed by atoms with Gasteiger partial charge in [-0.2, -0.15) is 4.98 Å². The summed E-state index contributed by atoms with van der Waals surface area (Å²) in [4.78, 5) is 16.3. The molecule has 0 aliphatic rings. The van der Waals surface area contributed by atoms with Crippen molar-refractivity contribution < 1.29 is 18.8 Å². The molecule has 7 heteroatoms. The number of benzene rings is 2. The summed E-state index contributed by atoms with van der Waals surface area (Å²) in [5.41, 5.74) is 2.06. The van der Waals surface area contributed by atoms with E-state index in [-0.39, 0.29) is 12.3 Å². The second-order valence-electron chi connectivity index (χ2n) is 6.25. The number of rotatable bonds is 9. The summed E-state index contributed by atoms with van der Waals surface area (Å²) in [5, 5.41) is 6.78. The fourth-order valence-corrected chi connectivity index (χ4v) is 2.52. The summed E-state index contributed by atoms with van der Waals surface area (Å²) in [6, 6.07) is 15.2. The summed E-state index contributed by atoms with van der Waals surface area (Å²) < 4.78 is 15.9. The van der Waals surface area contributed by atoms with Gasteiger partial charge >= 0.3 is 0 Å². The minimum Gasteiger partial charge on any atom is -0.497 e. The van der Waals surface area contributed by atoms with E-state index in [0.717, 1.165) is 17.1 Å². The van der Waals surface area contributed by atoms with Crippen LogP contribution in [-0.4, -0.2) is 36.3 Å². The van der Waals surface area contributed by atoms with E-state index in [1.807, 2.05) is 55.5 Å². The van der Waals surface area contributed by atoms with Crippen molar-refractivity contribution in [3.8, 4) is 22.9 Å². The summed E-state index contributed by atoms with van der Waals surface area (Å²) in [5.74, 6) is 2.38. The smallest absolute Gasteiger partial charge is 0.227 e. The SMILES string of the molecule is COc1ccc(OCCNC(=O)CCc2nc(-c3ccc(C)cc3)no2)cc1. The summed E-state index contributed by atoms with van der Waals surface area (Å²) in [6.07, 6.45) is 0.669. The lowest BCUT2D eigenvalue weighted by Gasteiger charge is -2.08. The maximum Gasteiger partial charge on any atom is 0.227 e. The molecule has 0 fully saturated rings. The molecule has 0 bridgehead atoms. The number of ether oxygens (including phenoxy) is 2. The molecule has 0 radical (unpaired) electrons. The van der Waals surface area contributed by atoms with Crippen molar-refractivity contribution in [3.05, 3.63) is 60.0 Å². The van der Waals surface area contributed by atoms with Gasteiger partial charge in [0.1, 0.15) is 18.1 Å². The van der Waals surface area contributed by atoms with E-state index in [0.29, 0.717) is 31.3 Å². The van der Waals surface area contributed by atoms with E-state index in [9.17, 15) is 4.79 Å². The molecule has 0 aliphatic carbocycles. The lowest BCUT2D eigenvalue weighted by Crippen LogP contribution is -2.28. The number of aromatic nitrogens is 2. The number of aryl methyl sites for hydroxylation is 2. The van der Waals surface area contributed by atoms with Crippen molar-refractivity contribution in [1.29, 1.82) is 0 Å². The first-order valence-electron chi connectivity index (χ1n) is 9.07. The predicted molar refractivity (Wildman–Crippen MR) is 104 cm³/mol. The monoisotopic (exact) mass is 381 g/mol. The second-order valence-corrected chi connectivity index (χ2v) is 6.25. The maximum absolute atomic E-state index is 12.0. The van der Waals surface area contributed by atoms with Gasteiger partial charge in [0.2, 0.25) is 17.6 Å². The Morgan fingerprint density at radius 2 is 1.79 bits per heavy atom. The number of carbonyl (C=O) groups excluding carboxylic acids is 1. The van der Waals surface area contributed by atoms with Crippen LogP contribution in [0.2, 0.25) is 0 Å². The van der Waals surface area contributed by atoms with Crippen LogP contribution in [0.1, 0.15) is 17.9 Å². The van der Waals surface area contributed by atoms with Crippen LogP contribution in [0.25, 0.3) is 11.4 Å². The molecule has 0 saturated carbocycles. The Hall–Kier alpha value is -3.35. The van der Waals surface area contributed by atoms with Gasteiger partial charge in [0.25, 0.3) is 0 Å². The number of hydrogen-bond donors (Lipinski definition) is 1. The zero-order valence-electron chi connectivity index (χ0n) is 16.0. The first kappa shape index (κ1) is 19.4. The van der Waals surface area contributed by atoms with Crippen molar-refractivity contribution in [1.82, 2.24) is 15.5 Å². The van der Waals surface area contributed by atoms with Crippen LogP contribution in [0, 0.1) is 6.92 Å². The molecule has 1 aromatic heterocycles. The summed E-state index contributed by atoms with van der Waals surface area (Å²) in [7, 11) is 1.61. The van der Waals surface area contributed by atoms with E-state index < -0.39 is 0 Å². The summed E-state index contributed by atoms with van der Waals surface area (Å²) >= 11 is 0. The topological polar surface area (TPSA) is 86.5 Å². The molecule has 2 aromatic carbocycles. The number of hydrogen-bond acceptors (Lipinski definition) is 6. The Labute approximate surface area is 163 Å². The molecule has 3 rings (SSSR count). The second kappa shape index (κ2) is 9.55. The van der Waals surface area contributed by atoms with Gasteiger partial charge in [-0.3, -0.25) is 4.79 Å². The Balaban J connectivity index is 1.36. The standard InChI is InChI=1S/C21H23N3O4/c1-15-3-5-16(6-4-15)21-23-20(28-24-21)12-11-19(25)22-13-14-27-18-9-7-17(26-2)8-10-18/h3-10H,11-14H2,1-2H3,(H,22,25). The molecule has 0 unspecified atom stereocenters. The number of nitrogens with one attached hydrogen (secondary N) is 1. The van der Waals surface area contributed by atoms with Crippen molar-refractivity contribution >= 4 is 5.91 Å². The van der Waals surface area contributed by atoms with Crippen molar-refractivity contribution in [2.24, 2.45) is 0 Å². The third-order valence-corrected chi connectivity index (χ3v) is 4.10. The highest BCUT2D eigenvalue weighted by Crippen LogP contribution is 2.17. The fraction of sp³-hybridized carbons (Fsp3) is 0.286. The van der Waals surface area contributed by atoms with Crippen LogP contribution in [-0.2, 0) is 11.2 Å². The van der Waals surface area contributed by atoms with Crippen LogP contribution in [0.4, 0.5) is 0 Å². The van der Waals surface area contributed by atoms with Crippen LogP contribution >= 0.6 is 0 Å². The van der Waals surface area contributed by atoms with Gasteiger partial charge in [-0.05, 0) is 31.2 Å². The van der Waals surface area contributed by atoms with E-state index in [1.165, 1.54) is 5.56 Å². The highest BCUT2D eigenvalue weighted by Gasteiger charge is 2.10. The van der Waals surface area contributed by atoms with E-state index in [1.54, 1.807) is 7.11 Å². The molecule has 0 saturated heterocycles. The largest absolute Gasteiger partial charge is 0.497 e. The number of amides is 1. The van der Waals surface area contributed by atoms with Gasteiger partial charge < -0.3 is 19.3 Å². The van der Waals surface area contributed by atoms with E-state index >= 15 is 0 Å². The molecule has 146 valence electrons. The maximum atomic E-state index is 12.0. The molecule has 0 atom stereocenters. The van der Waals surface area contributed by atoms with Crippen LogP contribution in [0.5, 0.6) is 11.5 Å². The van der Waals surface area contributed by atoms with Gasteiger partial charge in [-0.1, -0.05) is 35.0 Å². The van der Waals surface area contributed by atoms with Crippen molar-refractivity contribution in [2.45, 2.75) is 19.8 Å². The molecule has 1 heterocycles. The Morgan fingerprint density at radius 1 is 1.07 bits per heavy atom. The summed E-state index contributed by atoms with van der Waals surface area (Å²) in [6.45, 7) is 2.83. The lowest BCUT2D eigenvalue weighted by molar-refractivity contribution is -0.121. The van der Waals surface area contributed by atoms with E-state index in [4.69, 9.17) is 14.0 Å². The van der Waals surface area contributed by atoms with Crippen LogP contribution in [0.3, 0.4) is 0 Å². The van der Waals surface area contributed by atoms with Gasteiger partial charge in [0, 0.05) is 18.4 Å². The van der Waals surface area contributed by atoms with Crippen molar-refractivity contribution in [3.63, 3.8) is 0 Å². The first-order valence-corrected chi connectivity index (χ1v) is 9.07. The first-order chi connectivity index (χ1) is 13.6. The minimum absolute atomic E-state index is 0.0894. The quantitative estimate of drug-likeness (QED) is 0.573. The van der Waals surface area contributed by atoms with Crippen LogP contribution in [0.15, 0.2) is 53.1 Å². The third-order valence-electron chi connectivity index (χ3n) is 4.10. The zero-order chi connectivity index (χ0) is 19.8. The average Bonchev–Trinajstić information content (AvgIpc) is 3.20. The Kier molecular flexibility index (Phi) is 6.62. The molecule has 0 aliphatic heterocycles. The number of nitrogens with zero attached hydrogens (tertiary/aromatic N) is 2. The molecule has 7 nitrogen and oxygen atoms in total. The highest BCUT2D eigenvalue weighted by atomic mass is 16.5. The van der Waals surface area contributed by atoms with Crippen LogP contribution < -0.4 is 14.8 Å². The van der Waals surface area contributed by atoms with Gasteiger partial charge in [0.15, 0.2) is 0 Å². The third kappa shape index (κ3) is 5.57. The molecule has 1 N–H and O–H groups in total. The fourth-order valence-electron chi connectivity index (χ4n) is 2.52. The normalized spacial score (nSPS) is 10.5. The minimum atomic E-state index is -0.0894. The molecular weight excluding hydrogens is 358 g/mol. The van der Waals surface area contributed by atoms with E-state index in [2.05, 4.69) is 15.5 Å².